The average Bonchev–Trinajstić information content (AvgIpc) is 2.72. The predicted molar refractivity (Wildman–Crippen MR) is 131 cm³/mol. The molecule has 0 fully saturated rings. The molecule has 0 aromatic heterocycles. The van der Waals surface area contributed by atoms with Gasteiger partial charge in [0.05, 0.1) is 11.8 Å². The molecule has 1 aliphatic rings. The van der Waals surface area contributed by atoms with Gasteiger partial charge in [-0.2, -0.15) is 0 Å². The van der Waals surface area contributed by atoms with Crippen molar-refractivity contribution in [3.05, 3.63) is 92.6 Å². The third kappa shape index (κ3) is 6.58. The molecule has 0 aliphatic carbocycles. The molecule has 2 aromatic carbocycles. The summed E-state index contributed by atoms with van der Waals surface area (Å²) in [5, 5.41) is 0. The molecule has 150 valence electrons. The molecule has 0 saturated heterocycles. The van der Waals surface area contributed by atoms with E-state index in [0.29, 0.717) is 11.8 Å². The SMILES string of the molecule is ClCC[N+](=CC=C1C=C(c2cccc(Br)c2)C=C(c2cccc(Br)c2)O1)CCCl. The van der Waals surface area contributed by atoms with Crippen molar-refractivity contribution >= 4 is 72.6 Å². The van der Waals surface area contributed by atoms with Crippen molar-refractivity contribution in [2.75, 3.05) is 24.8 Å². The summed E-state index contributed by atoms with van der Waals surface area (Å²) >= 11 is 18.9. The lowest BCUT2D eigenvalue weighted by molar-refractivity contribution is -0.513. The van der Waals surface area contributed by atoms with Crippen LogP contribution in [0.1, 0.15) is 11.1 Å². The van der Waals surface area contributed by atoms with Crippen molar-refractivity contribution < 1.29 is 9.31 Å². The lowest BCUT2D eigenvalue weighted by Gasteiger charge is -2.18. The third-order valence-corrected chi connectivity index (χ3v) is 5.60. The van der Waals surface area contributed by atoms with Crippen molar-refractivity contribution in [2.45, 2.75) is 0 Å². The van der Waals surface area contributed by atoms with E-state index >= 15 is 0 Å². The summed E-state index contributed by atoms with van der Waals surface area (Å²) in [6.45, 7) is 1.46. The molecule has 0 saturated carbocycles. The lowest BCUT2D eigenvalue weighted by Crippen LogP contribution is -2.18. The van der Waals surface area contributed by atoms with Crippen LogP contribution < -0.4 is 0 Å². The molecule has 1 heterocycles. The van der Waals surface area contributed by atoms with Gasteiger partial charge in [0, 0.05) is 20.6 Å². The Morgan fingerprint density at radius 3 is 2.10 bits per heavy atom. The summed E-state index contributed by atoms with van der Waals surface area (Å²) in [7, 11) is 0. The van der Waals surface area contributed by atoms with E-state index in [9.17, 15) is 0 Å². The van der Waals surface area contributed by atoms with E-state index in [1.165, 1.54) is 0 Å². The molecular formula is C23H20Br2Cl2NO+. The first kappa shape index (κ1) is 22.4. The second-order valence-electron chi connectivity index (χ2n) is 6.36. The number of alkyl halides is 2. The summed E-state index contributed by atoms with van der Waals surface area (Å²) in [4.78, 5) is 0. The number of hydrogen-bond donors (Lipinski definition) is 0. The molecule has 1 aliphatic heterocycles. The molecule has 0 N–H and O–H groups in total. The van der Waals surface area contributed by atoms with Crippen LogP contribution in [0.2, 0.25) is 0 Å². The zero-order chi connectivity index (χ0) is 20.6. The van der Waals surface area contributed by atoms with E-state index in [4.69, 9.17) is 27.9 Å². The summed E-state index contributed by atoms with van der Waals surface area (Å²) < 4.78 is 10.3. The predicted octanol–water partition coefficient (Wildman–Crippen LogP) is 7.11. The highest BCUT2D eigenvalue weighted by Crippen LogP contribution is 2.33. The van der Waals surface area contributed by atoms with Gasteiger partial charge in [0.1, 0.15) is 11.5 Å². The number of benzene rings is 2. The first-order chi connectivity index (χ1) is 14.1. The van der Waals surface area contributed by atoms with Gasteiger partial charge in [-0.25, -0.2) is 4.58 Å². The molecule has 3 rings (SSSR count). The van der Waals surface area contributed by atoms with Crippen LogP contribution in [0.25, 0.3) is 11.3 Å². The molecule has 2 nitrogen and oxygen atoms in total. The Hall–Kier alpha value is -1.33. The molecular weight excluding hydrogens is 537 g/mol. The number of hydrogen-bond acceptors (Lipinski definition) is 1. The maximum atomic E-state index is 6.21. The van der Waals surface area contributed by atoms with Gasteiger partial charge in [-0.15, -0.1) is 23.2 Å². The minimum atomic E-state index is 0.541. The van der Waals surface area contributed by atoms with E-state index in [1.807, 2.05) is 54.8 Å². The summed E-state index contributed by atoms with van der Waals surface area (Å²) in [6.07, 6.45) is 8.05. The van der Waals surface area contributed by atoms with Gasteiger partial charge in [0.15, 0.2) is 19.3 Å². The van der Waals surface area contributed by atoms with E-state index in [2.05, 4.69) is 54.6 Å². The molecule has 0 radical (unpaired) electrons. The molecule has 6 heteroatoms. The molecule has 0 unspecified atom stereocenters. The largest absolute Gasteiger partial charge is 0.456 e. The first-order valence-electron chi connectivity index (χ1n) is 9.13. The second kappa shape index (κ2) is 11.2. The number of nitrogens with zero attached hydrogens (tertiary/aromatic N) is 1. The van der Waals surface area contributed by atoms with Crippen molar-refractivity contribution in [2.24, 2.45) is 0 Å². The van der Waals surface area contributed by atoms with Crippen molar-refractivity contribution in [1.82, 2.24) is 0 Å². The minimum absolute atomic E-state index is 0.541. The fraction of sp³-hybridized carbons (Fsp3) is 0.174. The Bertz CT molecular complexity index is 988. The van der Waals surface area contributed by atoms with Gasteiger partial charge < -0.3 is 4.74 Å². The normalized spacial score (nSPS) is 14.8. The van der Waals surface area contributed by atoms with Gasteiger partial charge in [-0.3, -0.25) is 0 Å². The first-order valence-corrected chi connectivity index (χ1v) is 11.8. The summed E-state index contributed by atoms with van der Waals surface area (Å²) in [6, 6.07) is 16.3. The van der Waals surface area contributed by atoms with E-state index in [1.54, 1.807) is 0 Å². The van der Waals surface area contributed by atoms with Gasteiger partial charge in [0.2, 0.25) is 0 Å². The van der Waals surface area contributed by atoms with E-state index in [0.717, 1.165) is 50.3 Å². The van der Waals surface area contributed by atoms with Crippen LogP contribution in [0, 0.1) is 0 Å². The maximum absolute atomic E-state index is 6.21. The molecule has 29 heavy (non-hydrogen) atoms. The Labute approximate surface area is 198 Å². The van der Waals surface area contributed by atoms with Crippen molar-refractivity contribution in [3.63, 3.8) is 0 Å². The summed E-state index contributed by atoms with van der Waals surface area (Å²) in [5.41, 5.74) is 3.19. The van der Waals surface area contributed by atoms with Crippen LogP contribution >= 0.6 is 55.1 Å². The topological polar surface area (TPSA) is 12.2 Å². The fourth-order valence-electron chi connectivity index (χ4n) is 2.88. The maximum Gasteiger partial charge on any atom is 0.167 e. The number of rotatable bonds is 7. The zero-order valence-electron chi connectivity index (χ0n) is 15.6. The molecule has 0 bridgehead atoms. The van der Waals surface area contributed by atoms with Crippen molar-refractivity contribution in [3.8, 4) is 0 Å². The molecule has 0 spiro atoms. The van der Waals surface area contributed by atoms with E-state index < -0.39 is 0 Å². The third-order valence-electron chi connectivity index (χ3n) is 4.27. The van der Waals surface area contributed by atoms with Gasteiger partial charge in [-0.05, 0) is 47.6 Å². The minimum Gasteiger partial charge on any atom is -0.456 e. The quantitative estimate of drug-likeness (QED) is 0.201. The van der Waals surface area contributed by atoms with Crippen LogP contribution in [0.5, 0.6) is 0 Å². The number of halogens is 4. The average molecular weight is 557 g/mol. The smallest absolute Gasteiger partial charge is 0.167 e. The molecule has 2 aromatic rings. The van der Waals surface area contributed by atoms with Gasteiger partial charge >= 0.3 is 0 Å². The highest BCUT2D eigenvalue weighted by molar-refractivity contribution is 9.10. The lowest BCUT2D eigenvalue weighted by atomic mass is 10.0. The molecule has 0 atom stereocenters. The van der Waals surface area contributed by atoms with Crippen LogP contribution in [0.15, 0.2) is 81.5 Å². The highest BCUT2D eigenvalue weighted by Gasteiger charge is 2.15. The second-order valence-corrected chi connectivity index (χ2v) is 8.95. The monoisotopic (exact) mass is 554 g/mol. The van der Waals surface area contributed by atoms with Crippen LogP contribution in [0.3, 0.4) is 0 Å². The fourth-order valence-corrected chi connectivity index (χ4v) is 4.11. The highest BCUT2D eigenvalue weighted by atomic mass is 79.9. The van der Waals surface area contributed by atoms with Gasteiger partial charge in [0.25, 0.3) is 0 Å². The Morgan fingerprint density at radius 2 is 1.48 bits per heavy atom. The number of allylic oxidation sites excluding steroid dienone is 4. The zero-order valence-corrected chi connectivity index (χ0v) is 20.3. The molecule has 0 amide bonds. The number of ether oxygens (including phenoxy) is 1. The van der Waals surface area contributed by atoms with Crippen molar-refractivity contribution in [1.29, 1.82) is 0 Å². The van der Waals surface area contributed by atoms with Gasteiger partial charge in [-0.1, -0.05) is 56.1 Å². The Kier molecular flexibility index (Phi) is 8.61. The standard InChI is InChI=1S/C23H20Br2Cl2NO/c24-20-5-1-3-17(13-20)19-15-22(7-10-28(11-8-26)12-9-27)29-23(16-19)18-4-2-6-21(25)14-18/h1-7,10,13-16H,8-9,11-12H2/q+1. The Balaban J connectivity index is 2.02. The summed E-state index contributed by atoms with van der Waals surface area (Å²) in [5.74, 6) is 2.63. The van der Waals surface area contributed by atoms with Crippen LogP contribution in [-0.4, -0.2) is 35.6 Å². The van der Waals surface area contributed by atoms with Crippen LogP contribution in [-0.2, 0) is 4.74 Å². The Morgan fingerprint density at radius 1 is 0.862 bits per heavy atom. The van der Waals surface area contributed by atoms with Crippen LogP contribution in [0.4, 0.5) is 0 Å². The van der Waals surface area contributed by atoms with E-state index in [-0.39, 0.29) is 0 Å².